The quantitative estimate of drug-likeness (QED) is 0.603. The number of halogens is 3. The van der Waals surface area contributed by atoms with Crippen LogP contribution in [0.2, 0.25) is 0 Å². The zero-order valence-corrected chi connectivity index (χ0v) is 15.5. The lowest BCUT2D eigenvalue weighted by atomic mass is 10.1. The topological polar surface area (TPSA) is 17.4 Å². The van der Waals surface area contributed by atoms with Crippen LogP contribution >= 0.6 is 0 Å². The third-order valence-electron chi connectivity index (χ3n) is 4.99. The molecule has 0 radical (unpaired) electrons. The molecule has 1 fully saturated rings. The highest BCUT2D eigenvalue weighted by Crippen LogP contribution is 2.31. The molecule has 0 N–H and O–H groups in total. The lowest BCUT2D eigenvalue weighted by Crippen LogP contribution is -2.23. The van der Waals surface area contributed by atoms with Gasteiger partial charge in [0.15, 0.2) is 0 Å². The summed E-state index contributed by atoms with van der Waals surface area (Å²) in [5, 5.41) is 0. The number of hydrogen-bond acceptors (Lipinski definition) is 2. The zero-order chi connectivity index (χ0) is 19.7. The van der Waals surface area contributed by atoms with E-state index in [0.29, 0.717) is 12.3 Å². The van der Waals surface area contributed by atoms with Crippen LogP contribution in [-0.4, -0.2) is 22.6 Å². The van der Waals surface area contributed by atoms with Crippen molar-refractivity contribution in [1.82, 2.24) is 9.47 Å². The van der Waals surface area contributed by atoms with E-state index < -0.39 is 11.7 Å². The van der Waals surface area contributed by atoms with Crippen molar-refractivity contribution in [1.29, 1.82) is 0 Å². The van der Waals surface area contributed by atoms with Gasteiger partial charge in [0.05, 0.1) is 12.2 Å². The van der Waals surface area contributed by atoms with Gasteiger partial charge in [0.1, 0.15) is 6.23 Å². The van der Waals surface area contributed by atoms with Gasteiger partial charge in [0, 0.05) is 36.7 Å². The number of ether oxygens (including phenoxy) is 1. The number of alkyl halides is 3. The normalized spacial score (nSPS) is 17.9. The van der Waals surface area contributed by atoms with E-state index in [1.165, 1.54) is 23.3 Å². The highest BCUT2D eigenvalue weighted by Gasteiger charge is 2.30. The Kier molecular flexibility index (Phi) is 5.00. The molecule has 2 heterocycles. The fourth-order valence-corrected chi connectivity index (χ4v) is 3.44. The smallest absolute Gasteiger partial charge is 0.357 e. The van der Waals surface area contributed by atoms with E-state index in [0.717, 1.165) is 30.8 Å². The van der Waals surface area contributed by atoms with Gasteiger partial charge in [-0.05, 0) is 42.8 Å². The second-order valence-corrected chi connectivity index (χ2v) is 7.08. The largest absolute Gasteiger partial charge is 0.416 e. The van der Waals surface area contributed by atoms with Crippen LogP contribution in [-0.2, 0) is 17.5 Å². The molecule has 1 atom stereocenters. The van der Waals surface area contributed by atoms with Crippen molar-refractivity contribution >= 4 is 0 Å². The number of aryl methyl sites for hydroxylation is 1. The monoisotopic (exact) mass is 386 g/mol. The van der Waals surface area contributed by atoms with Crippen molar-refractivity contribution in [2.45, 2.75) is 25.9 Å². The molecule has 1 saturated heterocycles. The molecule has 0 unspecified atom stereocenters. The molecule has 28 heavy (non-hydrogen) atoms. The Morgan fingerprint density at radius 2 is 1.71 bits per heavy atom. The first-order valence-corrected chi connectivity index (χ1v) is 9.17. The highest BCUT2D eigenvalue weighted by molar-refractivity contribution is 5.37. The lowest BCUT2D eigenvalue weighted by molar-refractivity contribution is -0.137. The summed E-state index contributed by atoms with van der Waals surface area (Å²) in [5.41, 5.74) is 3.48. The third kappa shape index (κ3) is 3.98. The van der Waals surface area contributed by atoms with Crippen molar-refractivity contribution in [3.8, 4) is 5.69 Å². The van der Waals surface area contributed by atoms with E-state index in [2.05, 4.69) is 36.1 Å². The molecule has 6 heteroatoms. The standard InChI is InChI=1S/C22H21F3N2O/c1-16-2-4-17(5-3-16)14-27-12-13-28-21(27)18-10-11-26(15-18)20-8-6-19(7-9-20)22(23,24)25/h2-11,15,21H,12-14H2,1H3/t21-/m0/s1. The molecule has 1 aliphatic rings. The molecule has 0 amide bonds. The second kappa shape index (κ2) is 7.45. The van der Waals surface area contributed by atoms with Crippen LogP contribution < -0.4 is 0 Å². The maximum absolute atomic E-state index is 12.7. The zero-order valence-electron chi connectivity index (χ0n) is 15.5. The van der Waals surface area contributed by atoms with Crippen LogP contribution in [0.1, 0.15) is 28.5 Å². The number of rotatable bonds is 4. The maximum atomic E-state index is 12.7. The second-order valence-electron chi connectivity index (χ2n) is 7.08. The Morgan fingerprint density at radius 1 is 1.00 bits per heavy atom. The summed E-state index contributed by atoms with van der Waals surface area (Å²) in [6.45, 7) is 4.35. The number of aromatic nitrogens is 1. The van der Waals surface area contributed by atoms with Crippen molar-refractivity contribution in [2.24, 2.45) is 0 Å². The third-order valence-corrected chi connectivity index (χ3v) is 4.99. The minimum absolute atomic E-state index is 0.156. The predicted molar refractivity (Wildman–Crippen MR) is 101 cm³/mol. The van der Waals surface area contributed by atoms with Gasteiger partial charge in [-0.25, -0.2) is 0 Å². The minimum Gasteiger partial charge on any atom is -0.357 e. The molecule has 146 valence electrons. The van der Waals surface area contributed by atoms with E-state index in [-0.39, 0.29) is 6.23 Å². The molecule has 3 nitrogen and oxygen atoms in total. The lowest BCUT2D eigenvalue weighted by Gasteiger charge is -2.22. The molecule has 2 aromatic carbocycles. The van der Waals surface area contributed by atoms with Crippen LogP contribution in [0.25, 0.3) is 5.69 Å². The fourth-order valence-electron chi connectivity index (χ4n) is 3.44. The molecule has 0 spiro atoms. The van der Waals surface area contributed by atoms with Crippen molar-refractivity contribution in [2.75, 3.05) is 13.2 Å². The van der Waals surface area contributed by atoms with Crippen LogP contribution in [0.5, 0.6) is 0 Å². The molecular weight excluding hydrogens is 365 g/mol. The van der Waals surface area contributed by atoms with E-state index in [1.54, 1.807) is 0 Å². The van der Waals surface area contributed by atoms with Crippen molar-refractivity contribution in [3.63, 3.8) is 0 Å². The van der Waals surface area contributed by atoms with Gasteiger partial charge in [-0.15, -0.1) is 0 Å². The first kappa shape index (κ1) is 18.8. The first-order chi connectivity index (χ1) is 13.4. The first-order valence-electron chi connectivity index (χ1n) is 9.17. The molecule has 1 aromatic heterocycles. The predicted octanol–water partition coefficient (Wildman–Crippen LogP) is 5.34. The van der Waals surface area contributed by atoms with Crippen molar-refractivity contribution in [3.05, 3.63) is 89.2 Å². The van der Waals surface area contributed by atoms with E-state index in [4.69, 9.17) is 4.74 Å². The molecule has 3 aromatic rings. The van der Waals surface area contributed by atoms with Crippen LogP contribution in [0.4, 0.5) is 13.2 Å². The Morgan fingerprint density at radius 3 is 2.39 bits per heavy atom. The van der Waals surface area contributed by atoms with Gasteiger partial charge in [-0.2, -0.15) is 13.2 Å². The molecule has 1 aliphatic heterocycles. The SMILES string of the molecule is Cc1ccc(CN2CCO[C@H]2c2ccn(-c3ccc(C(F)(F)F)cc3)c2)cc1. The van der Waals surface area contributed by atoms with Crippen LogP contribution in [0.3, 0.4) is 0 Å². The number of nitrogens with zero attached hydrogens (tertiary/aromatic N) is 2. The average Bonchev–Trinajstić information content (AvgIpc) is 3.32. The summed E-state index contributed by atoms with van der Waals surface area (Å²) in [4.78, 5) is 2.26. The van der Waals surface area contributed by atoms with Gasteiger partial charge in [-0.3, -0.25) is 4.90 Å². The number of hydrogen-bond donors (Lipinski definition) is 0. The Bertz CT molecular complexity index is 930. The summed E-state index contributed by atoms with van der Waals surface area (Å²) < 4.78 is 46.0. The van der Waals surface area contributed by atoms with Crippen molar-refractivity contribution < 1.29 is 17.9 Å². The van der Waals surface area contributed by atoms with Gasteiger partial charge < -0.3 is 9.30 Å². The maximum Gasteiger partial charge on any atom is 0.416 e. The summed E-state index contributed by atoms with van der Waals surface area (Å²) >= 11 is 0. The van der Waals surface area contributed by atoms with Crippen LogP contribution in [0.15, 0.2) is 67.0 Å². The van der Waals surface area contributed by atoms with Gasteiger partial charge in [0.2, 0.25) is 0 Å². The number of benzene rings is 2. The summed E-state index contributed by atoms with van der Waals surface area (Å²) in [6, 6.07) is 15.6. The summed E-state index contributed by atoms with van der Waals surface area (Å²) in [5.74, 6) is 0. The molecular formula is C22H21F3N2O. The van der Waals surface area contributed by atoms with Gasteiger partial charge in [0.25, 0.3) is 0 Å². The van der Waals surface area contributed by atoms with E-state index in [1.807, 2.05) is 23.0 Å². The van der Waals surface area contributed by atoms with E-state index >= 15 is 0 Å². The summed E-state index contributed by atoms with van der Waals surface area (Å²) in [7, 11) is 0. The molecule has 0 bridgehead atoms. The van der Waals surface area contributed by atoms with E-state index in [9.17, 15) is 13.2 Å². The Labute approximate surface area is 162 Å². The Hall–Kier alpha value is -2.57. The minimum atomic E-state index is -4.32. The van der Waals surface area contributed by atoms with Gasteiger partial charge >= 0.3 is 6.18 Å². The van der Waals surface area contributed by atoms with Gasteiger partial charge in [-0.1, -0.05) is 29.8 Å². The average molecular weight is 386 g/mol. The molecule has 0 aliphatic carbocycles. The Balaban J connectivity index is 1.50. The summed E-state index contributed by atoms with van der Waals surface area (Å²) in [6.07, 6.45) is -0.712. The fraction of sp³-hybridized carbons (Fsp3) is 0.273. The molecule has 0 saturated carbocycles. The van der Waals surface area contributed by atoms with Crippen LogP contribution in [0, 0.1) is 6.92 Å². The highest BCUT2D eigenvalue weighted by atomic mass is 19.4. The molecule has 4 rings (SSSR count).